The Morgan fingerprint density at radius 3 is 2.38 bits per heavy atom. The number of anilines is 1. The minimum Gasteiger partial charge on any atom is -0.488 e. The first-order valence-electron chi connectivity index (χ1n) is 15.2. The van der Waals surface area contributed by atoms with Crippen molar-refractivity contribution < 1.29 is 19.4 Å². The van der Waals surface area contributed by atoms with Crippen LogP contribution in [0, 0.1) is 5.41 Å². The molecule has 2 N–H and O–H groups in total. The van der Waals surface area contributed by atoms with Gasteiger partial charge < -0.3 is 19.9 Å². The molecular weight excluding hydrogens is 524 g/mol. The van der Waals surface area contributed by atoms with Crippen molar-refractivity contribution in [1.82, 2.24) is 4.98 Å². The third kappa shape index (κ3) is 11.0. The molecule has 6 heteroatoms. The molecule has 6 nitrogen and oxygen atoms in total. The number of aliphatic carboxylic acids is 1. The molecule has 0 amide bonds. The molecular formula is C36H48N2O4. The molecule has 1 aromatic heterocycles. The summed E-state index contributed by atoms with van der Waals surface area (Å²) >= 11 is 0. The predicted molar refractivity (Wildman–Crippen MR) is 173 cm³/mol. The largest absolute Gasteiger partial charge is 0.488 e. The Morgan fingerprint density at radius 2 is 1.69 bits per heavy atom. The molecule has 0 aliphatic carbocycles. The third-order valence-electron chi connectivity index (χ3n) is 7.50. The fourth-order valence-electron chi connectivity index (χ4n) is 4.85. The predicted octanol–water partition coefficient (Wildman–Crippen LogP) is 8.66. The minimum absolute atomic E-state index is 0.184. The molecule has 0 atom stereocenters. The zero-order valence-corrected chi connectivity index (χ0v) is 26.0. The van der Waals surface area contributed by atoms with Gasteiger partial charge in [0.05, 0.1) is 23.4 Å². The number of carbonyl (C=O) groups is 1. The fourth-order valence-corrected chi connectivity index (χ4v) is 4.85. The van der Waals surface area contributed by atoms with Crippen LogP contribution in [0.15, 0.2) is 66.7 Å². The lowest BCUT2D eigenvalue weighted by atomic mass is 9.79. The number of rotatable bonds is 17. The van der Waals surface area contributed by atoms with E-state index in [9.17, 15) is 9.90 Å². The normalized spacial score (nSPS) is 12.0. The number of aromatic nitrogens is 1. The minimum atomic E-state index is -0.712. The number of carboxylic acid groups (broad SMARTS) is 1. The van der Waals surface area contributed by atoms with Gasteiger partial charge in [-0.05, 0) is 113 Å². The van der Waals surface area contributed by atoms with Gasteiger partial charge in [-0.3, -0.25) is 9.78 Å². The van der Waals surface area contributed by atoms with E-state index in [0.29, 0.717) is 39.0 Å². The van der Waals surface area contributed by atoms with E-state index in [1.54, 1.807) is 0 Å². The summed E-state index contributed by atoms with van der Waals surface area (Å²) in [6, 6.07) is 22.5. The molecule has 0 saturated heterocycles. The molecule has 0 spiro atoms. The summed E-state index contributed by atoms with van der Waals surface area (Å²) < 4.78 is 11.8. The standard InChI is InChI=1S/C36H48N2O4/c1-6-36(7-2,34(39)40)23-24-37-31-15-10-13-29(26-31)17-20-30-14-11-16-32(38-30)27-41-25-9-8-12-28-18-21-33(22-19-28)42-35(3,4)5/h10-11,13-22,26,37H,6-9,12,23-25,27H2,1-5H3,(H,39,40). The molecule has 0 unspecified atom stereocenters. The summed E-state index contributed by atoms with van der Waals surface area (Å²) in [5.41, 5.74) is 4.28. The second-order valence-electron chi connectivity index (χ2n) is 11.9. The summed E-state index contributed by atoms with van der Waals surface area (Å²) in [6.07, 6.45) is 8.99. The molecule has 1 heterocycles. The molecule has 226 valence electrons. The van der Waals surface area contributed by atoms with E-state index in [0.717, 1.165) is 47.7 Å². The van der Waals surface area contributed by atoms with Crippen LogP contribution < -0.4 is 10.1 Å². The summed E-state index contributed by atoms with van der Waals surface area (Å²) in [7, 11) is 0. The monoisotopic (exact) mass is 572 g/mol. The van der Waals surface area contributed by atoms with E-state index >= 15 is 0 Å². The van der Waals surface area contributed by atoms with E-state index in [1.165, 1.54) is 5.56 Å². The maximum Gasteiger partial charge on any atom is 0.309 e. The Balaban J connectivity index is 1.41. The maximum atomic E-state index is 11.8. The van der Waals surface area contributed by atoms with E-state index in [4.69, 9.17) is 14.5 Å². The smallest absolute Gasteiger partial charge is 0.309 e. The Bertz CT molecular complexity index is 1270. The highest BCUT2D eigenvalue weighted by Crippen LogP contribution is 2.31. The molecule has 0 saturated carbocycles. The van der Waals surface area contributed by atoms with Gasteiger partial charge in [0.25, 0.3) is 0 Å². The van der Waals surface area contributed by atoms with Crippen LogP contribution in [0.5, 0.6) is 5.75 Å². The second kappa shape index (κ2) is 16.1. The van der Waals surface area contributed by atoms with Gasteiger partial charge in [-0.1, -0.05) is 50.3 Å². The number of carboxylic acids is 1. The summed E-state index contributed by atoms with van der Waals surface area (Å²) in [5, 5.41) is 13.1. The lowest BCUT2D eigenvalue weighted by molar-refractivity contribution is -0.149. The molecule has 3 rings (SSSR count). The van der Waals surface area contributed by atoms with Crippen LogP contribution in [0.3, 0.4) is 0 Å². The molecule has 0 bridgehead atoms. The highest BCUT2D eigenvalue weighted by molar-refractivity contribution is 5.74. The van der Waals surface area contributed by atoms with Gasteiger partial charge in [-0.2, -0.15) is 0 Å². The van der Waals surface area contributed by atoms with Crippen LogP contribution in [0.4, 0.5) is 5.69 Å². The average molecular weight is 573 g/mol. The second-order valence-corrected chi connectivity index (χ2v) is 11.9. The summed E-state index contributed by atoms with van der Waals surface area (Å²) in [6.45, 7) is 11.9. The summed E-state index contributed by atoms with van der Waals surface area (Å²) in [4.78, 5) is 16.5. The van der Waals surface area contributed by atoms with E-state index in [-0.39, 0.29) is 5.60 Å². The number of aryl methyl sites for hydroxylation is 1. The molecule has 0 radical (unpaired) electrons. The number of nitrogens with one attached hydrogen (secondary N) is 1. The third-order valence-corrected chi connectivity index (χ3v) is 7.50. The number of hydrogen-bond donors (Lipinski definition) is 2. The Kier molecular flexibility index (Phi) is 12.6. The molecule has 2 aromatic carbocycles. The van der Waals surface area contributed by atoms with Gasteiger partial charge in [0.15, 0.2) is 0 Å². The Hall–Kier alpha value is -3.64. The van der Waals surface area contributed by atoms with Gasteiger partial charge in [0.1, 0.15) is 11.4 Å². The van der Waals surface area contributed by atoms with Gasteiger partial charge in [0.2, 0.25) is 0 Å². The van der Waals surface area contributed by atoms with Crippen molar-refractivity contribution in [2.45, 2.75) is 85.4 Å². The number of ether oxygens (including phenoxy) is 2. The Labute approximate surface area is 252 Å². The molecule has 3 aromatic rings. The lowest BCUT2D eigenvalue weighted by Crippen LogP contribution is -2.31. The SMILES string of the molecule is CCC(CC)(CCNc1cccc(C=Cc2cccc(COCCCCc3ccc(OC(C)(C)C)cc3)n2)c1)C(=O)O. The van der Waals surface area contributed by atoms with Crippen molar-refractivity contribution in [2.24, 2.45) is 5.41 Å². The molecule has 0 aliphatic heterocycles. The number of benzene rings is 2. The zero-order valence-electron chi connectivity index (χ0n) is 26.0. The van der Waals surface area contributed by atoms with Crippen molar-refractivity contribution in [1.29, 1.82) is 0 Å². The molecule has 0 fully saturated rings. The Morgan fingerprint density at radius 1 is 0.952 bits per heavy atom. The molecule has 0 aliphatic rings. The van der Waals surface area contributed by atoms with Crippen molar-refractivity contribution in [3.05, 3.63) is 89.2 Å². The summed E-state index contributed by atoms with van der Waals surface area (Å²) in [5.74, 6) is 0.195. The number of hydrogen-bond acceptors (Lipinski definition) is 5. The van der Waals surface area contributed by atoms with Crippen molar-refractivity contribution in [3.63, 3.8) is 0 Å². The first kappa shape index (κ1) is 32.9. The number of unbranched alkanes of at least 4 members (excludes halogenated alkanes) is 1. The molecule has 42 heavy (non-hydrogen) atoms. The number of nitrogens with zero attached hydrogens (tertiary/aromatic N) is 1. The van der Waals surface area contributed by atoms with Gasteiger partial charge in [-0.15, -0.1) is 0 Å². The van der Waals surface area contributed by atoms with Crippen LogP contribution in [0.2, 0.25) is 0 Å². The first-order chi connectivity index (χ1) is 20.1. The zero-order chi connectivity index (χ0) is 30.4. The fraction of sp³-hybridized carbons (Fsp3) is 0.444. The van der Waals surface area contributed by atoms with Crippen LogP contribution >= 0.6 is 0 Å². The van der Waals surface area contributed by atoms with Crippen LogP contribution in [0.1, 0.15) is 89.2 Å². The van der Waals surface area contributed by atoms with Gasteiger partial charge in [-0.25, -0.2) is 0 Å². The topological polar surface area (TPSA) is 80.7 Å². The highest BCUT2D eigenvalue weighted by Gasteiger charge is 2.34. The van der Waals surface area contributed by atoms with Crippen molar-refractivity contribution >= 4 is 23.8 Å². The highest BCUT2D eigenvalue weighted by atomic mass is 16.5. The van der Waals surface area contributed by atoms with Gasteiger partial charge >= 0.3 is 5.97 Å². The van der Waals surface area contributed by atoms with Crippen molar-refractivity contribution in [3.8, 4) is 5.75 Å². The van der Waals surface area contributed by atoms with Crippen LogP contribution in [-0.4, -0.2) is 34.8 Å². The van der Waals surface area contributed by atoms with Gasteiger partial charge in [0, 0.05) is 18.8 Å². The van der Waals surface area contributed by atoms with Crippen LogP contribution in [0.25, 0.3) is 12.2 Å². The maximum absolute atomic E-state index is 11.8. The number of pyridine rings is 1. The van der Waals surface area contributed by atoms with E-state index < -0.39 is 11.4 Å². The van der Waals surface area contributed by atoms with Crippen LogP contribution in [-0.2, 0) is 22.6 Å². The van der Waals surface area contributed by atoms with E-state index in [2.05, 4.69) is 44.3 Å². The lowest BCUT2D eigenvalue weighted by Gasteiger charge is -2.26. The van der Waals surface area contributed by atoms with Crippen molar-refractivity contribution in [2.75, 3.05) is 18.5 Å². The first-order valence-corrected chi connectivity index (χ1v) is 15.2. The average Bonchev–Trinajstić information content (AvgIpc) is 2.96. The quantitative estimate of drug-likeness (QED) is 0.158. The van der Waals surface area contributed by atoms with E-state index in [1.807, 2.05) is 74.5 Å².